The van der Waals surface area contributed by atoms with E-state index in [-0.39, 0.29) is 12.6 Å². The van der Waals surface area contributed by atoms with Crippen LogP contribution in [0.2, 0.25) is 0 Å². The van der Waals surface area contributed by atoms with Gasteiger partial charge in [0.15, 0.2) is 0 Å². The van der Waals surface area contributed by atoms with E-state index in [9.17, 15) is 9.90 Å². The van der Waals surface area contributed by atoms with E-state index in [0.717, 1.165) is 10.1 Å². The van der Waals surface area contributed by atoms with Gasteiger partial charge in [0.1, 0.15) is 4.88 Å². The van der Waals surface area contributed by atoms with E-state index >= 15 is 0 Å². The molecule has 102 valence electrons. The number of rotatable bonds is 4. The number of ether oxygens (including phenoxy) is 1. The van der Waals surface area contributed by atoms with Crippen LogP contribution in [0, 0.1) is 0 Å². The normalized spacial score (nSPS) is 11.7. The first-order chi connectivity index (χ1) is 8.85. The molecule has 0 amide bonds. The molecule has 3 N–H and O–H groups in total. The summed E-state index contributed by atoms with van der Waals surface area (Å²) in [6.45, 7) is 3.57. The Hall–Kier alpha value is -1.59. The number of carbonyl (C=O) groups excluding carboxylic acids is 1. The van der Waals surface area contributed by atoms with Gasteiger partial charge in [-0.1, -0.05) is 0 Å². The Morgan fingerprint density at radius 2 is 2.16 bits per heavy atom. The van der Waals surface area contributed by atoms with Crippen LogP contribution in [0.5, 0.6) is 0 Å². The van der Waals surface area contributed by atoms with Crippen molar-refractivity contribution in [1.29, 1.82) is 0 Å². The van der Waals surface area contributed by atoms with Crippen molar-refractivity contribution in [3.8, 4) is 0 Å². The molecule has 1 aromatic carbocycles. The third-order valence-electron chi connectivity index (χ3n) is 2.69. The lowest BCUT2D eigenvalue weighted by molar-refractivity contribution is 0.0248. The molecule has 0 atom stereocenters. The van der Waals surface area contributed by atoms with E-state index in [4.69, 9.17) is 10.5 Å². The van der Waals surface area contributed by atoms with Crippen molar-refractivity contribution in [3.63, 3.8) is 0 Å². The third-order valence-corrected chi connectivity index (χ3v) is 3.78. The highest BCUT2D eigenvalue weighted by Gasteiger charge is 2.16. The van der Waals surface area contributed by atoms with Crippen molar-refractivity contribution in [2.75, 3.05) is 12.3 Å². The van der Waals surface area contributed by atoms with E-state index < -0.39 is 5.60 Å². The molecule has 0 fully saturated rings. The number of nitrogen functional groups attached to an aromatic ring is 1. The number of esters is 1. The zero-order valence-corrected chi connectivity index (χ0v) is 11.8. The minimum Gasteiger partial charge on any atom is -0.461 e. The van der Waals surface area contributed by atoms with Gasteiger partial charge in [-0.2, -0.15) is 0 Å². The van der Waals surface area contributed by atoms with Gasteiger partial charge in [0.05, 0.1) is 12.2 Å². The van der Waals surface area contributed by atoms with E-state index in [2.05, 4.69) is 0 Å². The van der Waals surface area contributed by atoms with E-state index in [1.165, 1.54) is 11.3 Å². The number of nitrogens with two attached hydrogens (primary N) is 1. The molecule has 19 heavy (non-hydrogen) atoms. The first kappa shape index (κ1) is 13.8. The van der Waals surface area contributed by atoms with Crippen molar-refractivity contribution in [3.05, 3.63) is 29.1 Å². The molecule has 5 heteroatoms. The molecule has 0 saturated carbocycles. The first-order valence-corrected chi connectivity index (χ1v) is 6.85. The van der Waals surface area contributed by atoms with Gasteiger partial charge in [0.2, 0.25) is 0 Å². The average Bonchev–Trinajstić information content (AvgIpc) is 2.70. The van der Waals surface area contributed by atoms with E-state index in [1.807, 2.05) is 18.2 Å². The lowest BCUT2D eigenvalue weighted by Crippen LogP contribution is -2.21. The van der Waals surface area contributed by atoms with Crippen LogP contribution in [-0.4, -0.2) is 23.3 Å². The predicted molar refractivity (Wildman–Crippen MR) is 77.4 cm³/mol. The Labute approximate surface area is 115 Å². The molecule has 0 spiro atoms. The standard InChI is InChI=1S/C14H17NO3S/c1-14(2,17)5-6-18-13(16)12-8-9-7-10(15)3-4-11(9)19-12/h3-4,7-8,17H,5-6,15H2,1-2H3. The molecule has 0 unspecified atom stereocenters. The molecule has 1 aromatic heterocycles. The number of hydrogen-bond acceptors (Lipinski definition) is 5. The quantitative estimate of drug-likeness (QED) is 0.667. The SMILES string of the molecule is CC(C)(O)CCOC(=O)c1cc2cc(N)ccc2s1. The van der Waals surface area contributed by atoms with Gasteiger partial charge < -0.3 is 15.6 Å². The lowest BCUT2D eigenvalue weighted by Gasteiger charge is -2.16. The molecule has 0 saturated heterocycles. The van der Waals surface area contributed by atoms with Crippen LogP contribution >= 0.6 is 11.3 Å². The van der Waals surface area contributed by atoms with Crippen LogP contribution in [0.25, 0.3) is 10.1 Å². The minimum atomic E-state index is -0.825. The van der Waals surface area contributed by atoms with Gasteiger partial charge in [-0.25, -0.2) is 4.79 Å². The first-order valence-electron chi connectivity index (χ1n) is 6.04. The summed E-state index contributed by atoms with van der Waals surface area (Å²) in [7, 11) is 0. The summed E-state index contributed by atoms with van der Waals surface area (Å²) < 4.78 is 6.15. The zero-order valence-electron chi connectivity index (χ0n) is 11.0. The molecule has 0 aliphatic carbocycles. The lowest BCUT2D eigenvalue weighted by atomic mass is 10.1. The fraction of sp³-hybridized carbons (Fsp3) is 0.357. The Morgan fingerprint density at radius 3 is 2.84 bits per heavy atom. The number of hydrogen-bond donors (Lipinski definition) is 2. The Balaban J connectivity index is 2.05. The molecule has 0 aliphatic rings. The monoisotopic (exact) mass is 279 g/mol. The summed E-state index contributed by atoms with van der Waals surface area (Å²) in [5.41, 5.74) is 5.55. The van der Waals surface area contributed by atoms with Crippen LogP contribution in [0.3, 0.4) is 0 Å². The topological polar surface area (TPSA) is 72.5 Å². The summed E-state index contributed by atoms with van der Waals surface area (Å²) in [4.78, 5) is 12.4. The highest BCUT2D eigenvalue weighted by molar-refractivity contribution is 7.20. The Kier molecular flexibility index (Phi) is 3.78. The van der Waals surface area contributed by atoms with E-state index in [1.54, 1.807) is 19.9 Å². The highest BCUT2D eigenvalue weighted by atomic mass is 32.1. The average molecular weight is 279 g/mol. The molecule has 1 heterocycles. The maximum Gasteiger partial charge on any atom is 0.348 e. The predicted octanol–water partition coefficient (Wildman–Crippen LogP) is 2.80. The summed E-state index contributed by atoms with van der Waals surface area (Å²) in [5.74, 6) is -0.357. The van der Waals surface area contributed by atoms with Gasteiger partial charge >= 0.3 is 5.97 Å². The molecule has 4 nitrogen and oxygen atoms in total. The van der Waals surface area contributed by atoms with Crippen LogP contribution in [-0.2, 0) is 4.74 Å². The Bertz CT molecular complexity index is 598. The fourth-order valence-electron chi connectivity index (χ4n) is 1.63. The largest absolute Gasteiger partial charge is 0.461 e. The number of benzene rings is 1. The molecule has 0 radical (unpaired) electrons. The van der Waals surface area contributed by atoms with Crippen molar-refractivity contribution in [2.45, 2.75) is 25.9 Å². The van der Waals surface area contributed by atoms with Crippen molar-refractivity contribution < 1.29 is 14.6 Å². The number of thiophene rings is 1. The van der Waals surface area contributed by atoms with E-state index in [0.29, 0.717) is 17.0 Å². The third kappa shape index (κ3) is 3.68. The van der Waals surface area contributed by atoms with Crippen LogP contribution in [0.4, 0.5) is 5.69 Å². The van der Waals surface area contributed by atoms with Crippen LogP contribution < -0.4 is 5.73 Å². The number of aliphatic hydroxyl groups is 1. The molecule has 0 aliphatic heterocycles. The van der Waals surface area contributed by atoms with Gasteiger partial charge in [0, 0.05) is 16.8 Å². The van der Waals surface area contributed by atoms with Crippen molar-refractivity contribution in [2.24, 2.45) is 0 Å². The molecular formula is C14H17NO3S. The second kappa shape index (κ2) is 5.19. The highest BCUT2D eigenvalue weighted by Crippen LogP contribution is 2.27. The van der Waals surface area contributed by atoms with Crippen LogP contribution in [0.1, 0.15) is 29.9 Å². The van der Waals surface area contributed by atoms with Crippen molar-refractivity contribution >= 4 is 33.1 Å². The molecule has 2 aromatic rings. The maximum absolute atomic E-state index is 11.9. The van der Waals surface area contributed by atoms with Crippen molar-refractivity contribution in [1.82, 2.24) is 0 Å². The number of fused-ring (bicyclic) bond motifs is 1. The van der Waals surface area contributed by atoms with Gasteiger partial charge in [-0.05, 0) is 43.5 Å². The van der Waals surface area contributed by atoms with Gasteiger partial charge in [-0.3, -0.25) is 0 Å². The second-order valence-corrected chi connectivity index (χ2v) is 6.19. The smallest absolute Gasteiger partial charge is 0.348 e. The minimum absolute atomic E-state index is 0.207. The number of anilines is 1. The van der Waals surface area contributed by atoms with Gasteiger partial charge in [-0.15, -0.1) is 11.3 Å². The summed E-state index contributed by atoms with van der Waals surface area (Å²) >= 11 is 1.38. The second-order valence-electron chi connectivity index (χ2n) is 5.11. The van der Waals surface area contributed by atoms with Gasteiger partial charge in [0.25, 0.3) is 0 Å². The summed E-state index contributed by atoms with van der Waals surface area (Å²) in [5, 5.41) is 10.5. The summed E-state index contributed by atoms with van der Waals surface area (Å²) in [6, 6.07) is 7.31. The maximum atomic E-state index is 11.9. The molecule has 0 bridgehead atoms. The number of carbonyl (C=O) groups is 1. The Morgan fingerprint density at radius 1 is 1.42 bits per heavy atom. The van der Waals surface area contributed by atoms with Crippen LogP contribution in [0.15, 0.2) is 24.3 Å². The summed E-state index contributed by atoms with van der Waals surface area (Å²) in [6.07, 6.45) is 0.413. The molecule has 2 rings (SSSR count). The zero-order chi connectivity index (χ0) is 14.0. The molecular weight excluding hydrogens is 262 g/mol. The fourth-order valence-corrected chi connectivity index (χ4v) is 2.56.